The number of benzene rings is 1. The van der Waals surface area contributed by atoms with Crippen LogP contribution in [0.15, 0.2) is 42.7 Å². The Kier molecular flexibility index (Phi) is 4.04. The first-order valence-electron chi connectivity index (χ1n) is 5.79. The number of nitrogens with zero attached hydrogens (tertiary/aromatic N) is 3. The van der Waals surface area contributed by atoms with Crippen molar-refractivity contribution in [2.45, 2.75) is 6.54 Å². The van der Waals surface area contributed by atoms with E-state index >= 15 is 0 Å². The van der Waals surface area contributed by atoms with Gasteiger partial charge in [-0.25, -0.2) is 15.8 Å². The summed E-state index contributed by atoms with van der Waals surface area (Å²) in [5.74, 6) is 5.43. The van der Waals surface area contributed by atoms with Gasteiger partial charge in [0.2, 0.25) is 0 Å². The number of hydrogen-bond acceptors (Lipinski definition) is 5. The van der Waals surface area contributed by atoms with Crippen molar-refractivity contribution in [3.05, 3.63) is 54.0 Å². The smallest absolute Gasteiger partial charge is 0.274 e. The van der Waals surface area contributed by atoms with E-state index in [1.165, 1.54) is 12.4 Å². The van der Waals surface area contributed by atoms with E-state index in [0.29, 0.717) is 12.4 Å². The maximum Gasteiger partial charge on any atom is 0.274 e. The predicted molar refractivity (Wildman–Crippen MR) is 72.1 cm³/mol. The Morgan fingerprint density at radius 1 is 1.26 bits per heavy atom. The lowest BCUT2D eigenvalue weighted by molar-refractivity contribution is 0.0779. The molecule has 0 aliphatic carbocycles. The third kappa shape index (κ3) is 3.26. The highest BCUT2D eigenvalue weighted by Crippen LogP contribution is 2.07. The van der Waals surface area contributed by atoms with Gasteiger partial charge in [-0.05, 0) is 5.56 Å². The molecule has 0 aliphatic heterocycles. The Balaban J connectivity index is 2.06. The number of anilines is 1. The van der Waals surface area contributed by atoms with Gasteiger partial charge in [0.05, 0.1) is 12.4 Å². The molecule has 1 heterocycles. The topological polar surface area (TPSA) is 84.1 Å². The summed E-state index contributed by atoms with van der Waals surface area (Å²) in [5.41, 5.74) is 3.71. The number of nitrogens with two attached hydrogens (primary N) is 1. The van der Waals surface area contributed by atoms with Gasteiger partial charge in [-0.15, -0.1) is 0 Å². The molecule has 98 valence electrons. The standard InChI is InChI=1S/C13H15N5O/c1-18(9-10-5-3-2-4-6-10)13(19)11-7-16-12(17-14)8-15-11/h2-8H,9,14H2,1H3,(H,16,17). The molecule has 1 aromatic heterocycles. The third-order valence-corrected chi connectivity index (χ3v) is 2.63. The van der Waals surface area contributed by atoms with Crippen LogP contribution in [0.25, 0.3) is 0 Å². The van der Waals surface area contributed by atoms with Crippen molar-refractivity contribution in [1.29, 1.82) is 0 Å². The van der Waals surface area contributed by atoms with Crippen molar-refractivity contribution in [2.24, 2.45) is 5.84 Å². The molecule has 2 aromatic rings. The van der Waals surface area contributed by atoms with Crippen molar-refractivity contribution < 1.29 is 4.79 Å². The average Bonchev–Trinajstić information content (AvgIpc) is 2.47. The van der Waals surface area contributed by atoms with Gasteiger partial charge in [0.25, 0.3) is 5.91 Å². The molecule has 0 fully saturated rings. The van der Waals surface area contributed by atoms with E-state index < -0.39 is 0 Å². The second-order valence-electron chi connectivity index (χ2n) is 4.08. The lowest BCUT2D eigenvalue weighted by atomic mass is 10.2. The Labute approximate surface area is 111 Å². The number of hydrogen-bond donors (Lipinski definition) is 2. The molecule has 1 amide bonds. The van der Waals surface area contributed by atoms with Crippen LogP contribution in [0.4, 0.5) is 5.82 Å². The van der Waals surface area contributed by atoms with Crippen LogP contribution in [-0.4, -0.2) is 27.8 Å². The number of rotatable bonds is 4. The van der Waals surface area contributed by atoms with Gasteiger partial charge < -0.3 is 10.3 Å². The molecule has 6 heteroatoms. The SMILES string of the molecule is CN(Cc1ccccc1)C(=O)c1cnc(NN)cn1. The molecule has 19 heavy (non-hydrogen) atoms. The highest BCUT2D eigenvalue weighted by molar-refractivity contribution is 5.91. The maximum absolute atomic E-state index is 12.1. The molecule has 0 radical (unpaired) electrons. The summed E-state index contributed by atoms with van der Waals surface area (Å²) in [6.45, 7) is 0.526. The van der Waals surface area contributed by atoms with Crippen LogP contribution in [0, 0.1) is 0 Å². The minimum absolute atomic E-state index is 0.181. The predicted octanol–water partition coefficient (Wildman–Crippen LogP) is 1.03. The number of carbonyl (C=O) groups is 1. The van der Waals surface area contributed by atoms with E-state index in [9.17, 15) is 4.79 Å². The maximum atomic E-state index is 12.1. The quantitative estimate of drug-likeness (QED) is 0.631. The Morgan fingerprint density at radius 2 is 2.00 bits per heavy atom. The first kappa shape index (κ1) is 13.0. The Morgan fingerprint density at radius 3 is 2.58 bits per heavy atom. The first-order valence-corrected chi connectivity index (χ1v) is 5.79. The van der Waals surface area contributed by atoms with E-state index in [2.05, 4.69) is 15.4 Å². The van der Waals surface area contributed by atoms with E-state index in [1.807, 2.05) is 30.3 Å². The summed E-state index contributed by atoms with van der Waals surface area (Å²) < 4.78 is 0. The summed E-state index contributed by atoms with van der Waals surface area (Å²) >= 11 is 0. The molecular formula is C13H15N5O. The highest BCUT2D eigenvalue weighted by Gasteiger charge is 2.13. The molecule has 0 saturated carbocycles. The van der Waals surface area contributed by atoms with Gasteiger partial charge in [0.1, 0.15) is 5.69 Å². The van der Waals surface area contributed by atoms with Crippen molar-refractivity contribution in [2.75, 3.05) is 12.5 Å². The van der Waals surface area contributed by atoms with E-state index in [4.69, 9.17) is 5.84 Å². The van der Waals surface area contributed by atoms with Crippen molar-refractivity contribution in [3.63, 3.8) is 0 Å². The van der Waals surface area contributed by atoms with Crippen LogP contribution in [-0.2, 0) is 6.54 Å². The second kappa shape index (κ2) is 5.92. The summed E-state index contributed by atoms with van der Waals surface area (Å²) in [4.78, 5) is 21.7. The van der Waals surface area contributed by atoms with Crippen LogP contribution >= 0.6 is 0 Å². The molecule has 0 spiro atoms. The van der Waals surface area contributed by atoms with Gasteiger partial charge >= 0.3 is 0 Å². The molecule has 0 atom stereocenters. The molecule has 2 rings (SSSR count). The summed E-state index contributed by atoms with van der Waals surface area (Å²) in [6.07, 6.45) is 2.82. The zero-order valence-electron chi connectivity index (χ0n) is 10.6. The highest BCUT2D eigenvalue weighted by atomic mass is 16.2. The number of hydrazine groups is 1. The Hall–Kier alpha value is -2.47. The number of carbonyl (C=O) groups excluding carboxylic acids is 1. The summed E-state index contributed by atoms with van der Waals surface area (Å²) in [5, 5.41) is 0. The fourth-order valence-electron chi connectivity index (χ4n) is 1.64. The summed E-state index contributed by atoms with van der Waals surface area (Å²) in [6, 6.07) is 9.76. The Bertz CT molecular complexity index is 541. The summed E-state index contributed by atoms with van der Waals surface area (Å²) in [7, 11) is 1.73. The largest absolute Gasteiger partial charge is 0.336 e. The first-order chi connectivity index (χ1) is 9.20. The molecule has 3 N–H and O–H groups in total. The molecule has 1 aromatic carbocycles. The molecular weight excluding hydrogens is 242 g/mol. The van der Waals surface area contributed by atoms with Crippen molar-refractivity contribution >= 4 is 11.7 Å². The minimum atomic E-state index is -0.181. The van der Waals surface area contributed by atoms with Crippen LogP contribution in [0.3, 0.4) is 0 Å². The number of nitrogens with one attached hydrogen (secondary N) is 1. The fraction of sp³-hybridized carbons (Fsp3) is 0.154. The molecule has 6 nitrogen and oxygen atoms in total. The van der Waals surface area contributed by atoms with Gasteiger partial charge in [0.15, 0.2) is 5.82 Å². The van der Waals surface area contributed by atoms with Crippen molar-refractivity contribution in [3.8, 4) is 0 Å². The van der Waals surface area contributed by atoms with E-state index in [0.717, 1.165) is 5.56 Å². The van der Waals surface area contributed by atoms with Crippen LogP contribution in [0.2, 0.25) is 0 Å². The average molecular weight is 257 g/mol. The van der Waals surface area contributed by atoms with Gasteiger partial charge in [-0.3, -0.25) is 4.79 Å². The lowest BCUT2D eigenvalue weighted by Crippen LogP contribution is -2.27. The van der Waals surface area contributed by atoms with Gasteiger partial charge in [-0.1, -0.05) is 30.3 Å². The molecule has 0 aliphatic rings. The zero-order chi connectivity index (χ0) is 13.7. The lowest BCUT2D eigenvalue weighted by Gasteiger charge is -2.16. The molecule has 0 unspecified atom stereocenters. The molecule has 0 bridgehead atoms. The minimum Gasteiger partial charge on any atom is -0.336 e. The van der Waals surface area contributed by atoms with Crippen LogP contribution < -0.4 is 11.3 Å². The van der Waals surface area contributed by atoms with Gasteiger partial charge in [-0.2, -0.15) is 0 Å². The molecule has 0 saturated heterocycles. The van der Waals surface area contributed by atoms with Crippen LogP contribution in [0.1, 0.15) is 16.1 Å². The van der Waals surface area contributed by atoms with E-state index in [-0.39, 0.29) is 11.6 Å². The number of amides is 1. The number of aromatic nitrogens is 2. The zero-order valence-corrected chi connectivity index (χ0v) is 10.6. The monoisotopic (exact) mass is 257 g/mol. The van der Waals surface area contributed by atoms with E-state index in [1.54, 1.807) is 11.9 Å². The van der Waals surface area contributed by atoms with Crippen LogP contribution in [0.5, 0.6) is 0 Å². The normalized spacial score (nSPS) is 10.0. The third-order valence-electron chi connectivity index (χ3n) is 2.63. The second-order valence-corrected chi connectivity index (χ2v) is 4.08. The fourth-order valence-corrected chi connectivity index (χ4v) is 1.64. The van der Waals surface area contributed by atoms with Crippen molar-refractivity contribution in [1.82, 2.24) is 14.9 Å². The van der Waals surface area contributed by atoms with Gasteiger partial charge in [0, 0.05) is 13.6 Å². The number of nitrogen functional groups attached to an aromatic ring is 1.